The lowest BCUT2D eigenvalue weighted by atomic mass is 10.2. The molecule has 1 heterocycles. The summed E-state index contributed by atoms with van der Waals surface area (Å²) in [6, 6.07) is 4.52. The summed E-state index contributed by atoms with van der Waals surface area (Å²) in [5.74, 6) is 0.567. The van der Waals surface area contributed by atoms with E-state index in [2.05, 4.69) is 15.5 Å². The van der Waals surface area contributed by atoms with Gasteiger partial charge in [-0.1, -0.05) is 0 Å². The van der Waals surface area contributed by atoms with Gasteiger partial charge in [0.05, 0.1) is 7.11 Å². The third-order valence-electron chi connectivity index (χ3n) is 2.45. The molecule has 1 N–H and O–H groups in total. The van der Waals surface area contributed by atoms with Crippen molar-refractivity contribution in [3.8, 4) is 17.2 Å². The van der Waals surface area contributed by atoms with Crippen molar-refractivity contribution >= 4 is 0 Å². The average molecular weight is 251 g/mol. The van der Waals surface area contributed by atoms with Crippen molar-refractivity contribution in [2.24, 2.45) is 0 Å². The highest BCUT2D eigenvalue weighted by atomic mass is 19.1. The van der Waals surface area contributed by atoms with Gasteiger partial charge in [-0.3, -0.25) is 0 Å². The van der Waals surface area contributed by atoms with Crippen molar-refractivity contribution in [3.63, 3.8) is 0 Å². The number of methoxy groups -OCH3 is 1. The minimum atomic E-state index is -0.454. The van der Waals surface area contributed by atoms with E-state index in [1.165, 1.54) is 19.2 Å². The monoisotopic (exact) mass is 251 g/mol. The second-order valence-corrected chi connectivity index (χ2v) is 3.70. The van der Waals surface area contributed by atoms with Crippen LogP contribution in [0.3, 0.4) is 0 Å². The SMILES string of the molecule is CNCCc1nnc(-c2ccc(OC)c(F)c2)o1. The first-order valence-electron chi connectivity index (χ1n) is 5.55. The smallest absolute Gasteiger partial charge is 0.247 e. The summed E-state index contributed by atoms with van der Waals surface area (Å²) >= 11 is 0. The van der Waals surface area contributed by atoms with E-state index in [0.717, 1.165) is 6.54 Å². The normalized spacial score (nSPS) is 10.6. The van der Waals surface area contributed by atoms with E-state index < -0.39 is 5.82 Å². The fourth-order valence-corrected chi connectivity index (χ4v) is 1.50. The Bertz CT molecular complexity index is 528. The maximum Gasteiger partial charge on any atom is 0.247 e. The molecule has 96 valence electrons. The molecule has 0 aliphatic carbocycles. The third-order valence-corrected chi connectivity index (χ3v) is 2.45. The van der Waals surface area contributed by atoms with Crippen molar-refractivity contribution in [2.45, 2.75) is 6.42 Å². The number of benzene rings is 1. The predicted molar refractivity (Wildman–Crippen MR) is 63.9 cm³/mol. The zero-order valence-electron chi connectivity index (χ0n) is 10.2. The molecular weight excluding hydrogens is 237 g/mol. The van der Waals surface area contributed by atoms with Crippen molar-refractivity contribution in [2.75, 3.05) is 20.7 Å². The highest BCUT2D eigenvalue weighted by Crippen LogP contribution is 2.24. The van der Waals surface area contributed by atoms with Gasteiger partial charge in [0.2, 0.25) is 11.8 Å². The second kappa shape index (κ2) is 5.59. The highest BCUT2D eigenvalue weighted by molar-refractivity contribution is 5.54. The summed E-state index contributed by atoms with van der Waals surface area (Å²) in [7, 11) is 3.26. The van der Waals surface area contributed by atoms with Crippen molar-refractivity contribution in [3.05, 3.63) is 29.9 Å². The molecule has 2 rings (SSSR count). The fourth-order valence-electron chi connectivity index (χ4n) is 1.50. The standard InChI is InChI=1S/C12H14FN3O2/c1-14-6-5-11-15-16-12(18-11)8-3-4-10(17-2)9(13)7-8/h3-4,7,14H,5-6H2,1-2H3. The number of hydrogen-bond donors (Lipinski definition) is 1. The van der Waals surface area contributed by atoms with Crippen molar-refractivity contribution < 1.29 is 13.5 Å². The summed E-state index contributed by atoms with van der Waals surface area (Å²) < 4.78 is 23.8. The Labute approximate surface area is 104 Å². The Balaban J connectivity index is 2.20. The van der Waals surface area contributed by atoms with Crippen LogP contribution in [0.4, 0.5) is 4.39 Å². The summed E-state index contributed by atoms with van der Waals surface area (Å²) in [4.78, 5) is 0. The molecule has 0 saturated carbocycles. The number of rotatable bonds is 5. The average Bonchev–Trinajstić information content (AvgIpc) is 2.85. The molecule has 0 saturated heterocycles. The van der Waals surface area contributed by atoms with E-state index in [1.807, 2.05) is 7.05 Å². The zero-order chi connectivity index (χ0) is 13.0. The highest BCUT2D eigenvalue weighted by Gasteiger charge is 2.11. The summed E-state index contributed by atoms with van der Waals surface area (Å²) in [6.45, 7) is 0.749. The van der Waals surface area contributed by atoms with Crippen LogP contribution in [0.25, 0.3) is 11.5 Å². The van der Waals surface area contributed by atoms with Gasteiger partial charge in [-0.15, -0.1) is 10.2 Å². The summed E-state index contributed by atoms with van der Waals surface area (Å²) in [5.41, 5.74) is 0.538. The minimum Gasteiger partial charge on any atom is -0.494 e. The molecule has 0 atom stereocenters. The molecule has 0 bridgehead atoms. The molecule has 1 aromatic carbocycles. The fraction of sp³-hybridized carbons (Fsp3) is 0.333. The van der Waals surface area contributed by atoms with Gasteiger partial charge in [0, 0.05) is 18.5 Å². The lowest BCUT2D eigenvalue weighted by Gasteiger charge is -2.01. The first-order chi connectivity index (χ1) is 8.74. The van der Waals surface area contributed by atoms with E-state index in [-0.39, 0.29) is 5.75 Å². The van der Waals surface area contributed by atoms with Crippen LogP contribution in [0, 0.1) is 5.82 Å². The number of nitrogens with one attached hydrogen (secondary N) is 1. The van der Waals surface area contributed by atoms with Gasteiger partial charge in [0.1, 0.15) is 0 Å². The van der Waals surface area contributed by atoms with Crippen LogP contribution in [0.5, 0.6) is 5.75 Å². The van der Waals surface area contributed by atoms with Gasteiger partial charge in [-0.25, -0.2) is 4.39 Å². The molecule has 18 heavy (non-hydrogen) atoms. The van der Waals surface area contributed by atoms with Crippen LogP contribution >= 0.6 is 0 Å². The predicted octanol–water partition coefficient (Wildman–Crippen LogP) is 1.65. The first-order valence-corrected chi connectivity index (χ1v) is 5.55. The molecule has 0 fully saturated rings. The van der Waals surface area contributed by atoms with E-state index in [1.54, 1.807) is 6.07 Å². The van der Waals surface area contributed by atoms with Crippen molar-refractivity contribution in [1.82, 2.24) is 15.5 Å². The molecule has 5 nitrogen and oxygen atoms in total. The maximum absolute atomic E-state index is 13.5. The molecule has 6 heteroatoms. The third kappa shape index (κ3) is 2.65. The van der Waals surface area contributed by atoms with Crippen LogP contribution in [-0.2, 0) is 6.42 Å². The van der Waals surface area contributed by atoms with Crippen LogP contribution in [-0.4, -0.2) is 30.9 Å². The van der Waals surface area contributed by atoms with Gasteiger partial charge in [-0.2, -0.15) is 0 Å². The number of aromatic nitrogens is 2. The van der Waals surface area contributed by atoms with Crippen molar-refractivity contribution in [1.29, 1.82) is 0 Å². The van der Waals surface area contributed by atoms with E-state index in [4.69, 9.17) is 9.15 Å². The molecule has 0 unspecified atom stereocenters. The van der Waals surface area contributed by atoms with Gasteiger partial charge in [-0.05, 0) is 25.2 Å². The Morgan fingerprint density at radius 3 is 2.89 bits per heavy atom. The van der Waals surface area contributed by atoms with E-state index in [9.17, 15) is 4.39 Å². The van der Waals surface area contributed by atoms with Gasteiger partial charge in [0.15, 0.2) is 11.6 Å². The molecule has 1 aromatic heterocycles. The zero-order valence-corrected chi connectivity index (χ0v) is 10.2. The number of ether oxygens (including phenoxy) is 1. The van der Waals surface area contributed by atoms with E-state index >= 15 is 0 Å². The Kier molecular flexibility index (Phi) is 3.88. The molecule has 0 aliphatic rings. The van der Waals surface area contributed by atoms with Crippen LogP contribution in [0.1, 0.15) is 5.89 Å². The Morgan fingerprint density at radius 1 is 1.39 bits per heavy atom. The number of likely N-dealkylation sites (N-methyl/N-ethyl adjacent to an activating group) is 1. The largest absolute Gasteiger partial charge is 0.494 e. The Morgan fingerprint density at radius 2 is 2.22 bits per heavy atom. The summed E-state index contributed by atoms with van der Waals surface area (Å²) in [5, 5.41) is 10.8. The van der Waals surface area contributed by atoms with Crippen LogP contribution in [0.15, 0.2) is 22.6 Å². The van der Waals surface area contributed by atoms with E-state index in [0.29, 0.717) is 23.8 Å². The molecule has 0 spiro atoms. The minimum absolute atomic E-state index is 0.189. The second-order valence-electron chi connectivity index (χ2n) is 3.70. The van der Waals surface area contributed by atoms with Gasteiger partial charge >= 0.3 is 0 Å². The molecule has 0 amide bonds. The lowest BCUT2D eigenvalue weighted by molar-refractivity contribution is 0.386. The van der Waals surface area contributed by atoms with Crippen LogP contribution < -0.4 is 10.1 Å². The Hall–Kier alpha value is -1.95. The topological polar surface area (TPSA) is 60.2 Å². The number of halogens is 1. The number of nitrogens with zero attached hydrogens (tertiary/aromatic N) is 2. The molecular formula is C12H14FN3O2. The summed E-state index contributed by atoms with van der Waals surface area (Å²) in [6.07, 6.45) is 0.641. The van der Waals surface area contributed by atoms with Gasteiger partial charge < -0.3 is 14.5 Å². The lowest BCUT2D eigenvalue weighted by Crippen LogP contribution is -2.10. The molecule has 0 aliphatic heterocycles. The van der Waals surface area contributed by atoms with Gasteiger partial charge in [0.25, 0.3) is 0 Å². The quantitative estimate of drug-likeness (QED) is 0.875. The van der Waals surface area contributed by atoms with Crippen LogP contribution in [0.2, 0.25) is 0 Å². The number of hydrogen-bond acceptors (Lipinski definition) is 5. The maximum atomic E-state index is 13.5. The first kappa shape index (κ1) is 12.5. The molecule has 0 radical (unpaired) electrons. The molecule has 2 aromatic rings.